The van der Waals surface area contributed by atoms with E-state index in [4.69, 9.17) is 25.5 Å². The van der Waals surface area contributed by atoms with E-state index < -0.39 is 0 Å². The molecule has 0 fully saturated rings. The second-order valence-corrected chi connectivity index (χ2v) is 7.62. The van der Waals surface area contributed by atoms with Gasteiger partial charge in [0.2, 0.25) is 5.82 Å². The molecule has 33 heavy (non-hydrogen) atoms. The minimum absolute atomic E-state index is 0.259. The molecule has 2 heterocycles. The lowest BCUT2D eigenvalue weighted by Crippen LogP contribution is -2.20. The van der Waals surface area contributed by atoms with Crippen molar-refractivity contribution in [2.45, 2.75) is 0 Å². The summed E-state index contributed by atoms with van der Waals surface area (Å²) in [5.41, 5.74) is 1.43. The maximum Gasteiger partial charge on any atom is 0.282 e. The Morgan fingerprint density at radius 3 is 2.61 bits per heavy atom. The Balaban J connectivity index is 1.75. The van der Waals surface area contributed by atoms with Gasteiger partial charge in [0.1, 0.15) is 17.1 Å². The molecule has 0 unspecified atom stereocenters. The molecule has 0 radical (unpaired) electrons. The zero-order valence-corrected chi connectivity index (χ0v) is 18.5. The highest BCUT2D eigenvalue weighted by Gasteiger charge is 2.18. The Hall–Kier alpha value is -4.10. The quantitative estimate of drug-likeness (QED) is 0.330. The van der Waals surface area contributed by atoms with Crippen LogP contribution < -0.4 is 15.0 Å². The summed E-state index contributed by atoms with van der Waals surface area (Å²) in [6.45, 7) is 0. The van der Waals surface area contributed by atoms with Gasteiger partial charge in [-0.1, -0.05) is 29.8 Å². The summed E-state index contributed by atoms with van der Waals surface area (Å²) in [4.78, 5) is 18.1. The van der Waals surface area contributed by atoms with Gasteiger partial charge >= 0.3 is 0 Å². The van der Waals surface area contributed by atoms with Crippen molar-refractivity contribution in [3.05, 3.63) is 87.7 Å². The Labute approximate surface area is 193 Å². The van der Waals surface area contributed by atoms with E-state index in [0.717, 1.165) is 5.39 Å². The molecule has 0 aliphatic heterocycles. The number of ether oxygens (including phenoxy) is 2. The van der Waals surface area contributed by atoms with E-state index in [-0.39, 0.29) is 11.4 Å². The Kier molecular flexibility index (Phi) is 5.32. The first-order valence-corrected chi connectivity index (χ1v) is 10.4. The van der Waals surface area contributed by atoms with Crippen LogP contribution in [-0.2, 0) is 0 Å². The predicted molar refractivity (Wildman–Crippen MR) is 129 cm³/mol. The van der Waals surface area contributed by atoms with Crippen LogP contribution in [0.2, 0.25) is 5.02 Å². The number of hydrogen-bond donors (Lipinski definition) is 0. The number of hydrogen-bond acceptors (Lipinski definition) is 6. The molecule has 0 saturated carbocycles. The van der Waals surface area contributed by atoms with Crippen LogP contribution in [0.4, 0.5) is 0 Å². The number of para-hydroxylation sites is 1. The molecule has 0 amide bonds. The molecule has 0 aliphatic rings. The first-order chi connectivity index (χ1) is 16.1. The molecule has 0 saturated heterocycles. The van der Waals surface area contributed by atoms with Gasteiger partial charge in [0.25, 0.3) is 5.56 Å². The lowest BCUT2D eigenvalue weighted by Gasteiger charge is -2.08. The third-order valence-corrected chi connectivity index (χ3v) is 5.45. The van der Waals surface area contributed by atoms with Crippen molar-refractivity contribution in [1.29, 1.82) is 0 Å². The van der Waals surface area contributed by atoms with Crippen molar-refractivity contribution in [2.75, 3.05) is 14.2 Å². The highest BCUT2D eigenvalue weighted by Crippen LogP contribution is 2.33. The van der Waals surface area contributed by atoms with Crippen LogP contribution in [0.5, 0.6) is 11.5 Å². The Morgan fingerprint density at radius 2 is 1.79 bits per heavy atom. The fraction of sp³-hybridized carbons (Fsp3) is 0.0800. The first kappa shape index (κ1) is 20.8. The molecule has 2 aromatic heterocycles. The number of aromatic nitrogens is 2. The van der Waals surface area contributed by atoms with E-state index in [1.807, 2.05) is 24.3 Å². The predicted octanol–water partition coefficient (Wildman–Crippen LogP) is 5.36. The van der Waals surface area contributed by atoms with E-state index in [0.29, 0.717) is 44.3 Å². The molecular weight excluding hydrogens is 442 g/mol. The second kappa shape index (κ2) is 8.44. The van der Waals surface area contributed by atoms with Crippen LogP contribution >= 0.6 is 11.6 Å². The van der Waals surface area contributed by atoms with Crippen LogP contribution in [0.15, 0.2) is 81.0 Å². The van der Waals surface area contributed by atoms with E-state index in [9.17, 15) is 4.79 Å². The SMILES string of the molecule is COc1ccc(Cl)cc1C=Nn1c(-c2cc3c(OC)cccc3o2)nc2ccccc2c1=O. The fourth-order valence-corrected chi connectivity index (χ4v) is 3.82. The number of methoxy groups -OCH3 is 2. The number of nitrogens with zero attached hydrogens (tertiary/aromatic N) is 3. The normalized spacial score (nSPS) is 11.5. The molecule has 0 bridgehead atoms. The highest BCUT2D eigenvalue weighted by atomic mass is 35.5. The topological polar surface area (TPSA) is 78.8 Å². The first-order valence-electron chi connectivity index (χ1n) is 10.1. The maximum atomic E-state index is 13.4. The molecule has 7 nitrogen and oxygen atoms in total. The Morgan fingerprint density at radius 1 is 0.970 bits per heavy atom. The van der Waals surface area contributed by atoms with Crippen molar-refractivity contribution in [1.82, 2.24) is 9.66 Å². The van der Waals surface area contributed by atoms with E-state index in [1.54, 1.807) is 56.7 Å². The van der Waals surface area contributed by atoms with Gasteiger partial charge in [-0.15, -0.1) is 0 Å². The summed E-state index contributed by atoms with van der Waals surface area (Å²) in [6.07, 6.45) is 1.51. The monoisotopic (exact) mass is 459 g/mol. The van der Waals surface area contributed by atoms with E-state index in [2.05, 4.69) is 10.1 Å². The smallest absolute Gasteiger partial charge is 0.282 e. The van der Waals surface area contributed by atoms with Gasteiger partial charge in [-0.3, -0.25) is 4.79 Å². The minimum Gasteiger partial charge on any atom is -0.496 e. The number of rotatable bonds is 5. The molecule has 0 atom stereocenters. The summed E-state index contributed by atoms with van der Waals surface area (Å²) in [6, 6.07) is 19.5. The van der Waals surface area contributed by atoms with E-state index in [1.165, 1.54) is 10.9 Å². The number of furan rings is 1. The van der Waals surface area contributed by atoms with E-state index >= 15 is 0 Å². The van der Waals surface area contributed by atoms with Gasteiger partial charge in [0.15, 0.2) is 5.76 Å². The van der Waals surface area contributed by atoms with Crippen LogP contribution in [0.25, 0.3) is 33.5 Å². The standard InChI is InChI=1S/C25H18ClN3O4/c1-31-20-11-10-16(26)12-15(20)14-27-29-24(28-19-7-4-3-6-17(19)25(29)30)23-13-18-21(32-2)8-5-9-22(18)33-23/h3-14H,1-2H3. The van der Waals surface area contributed by atoms with Crippen LogP contribution in [-0.4, -0.2) is 30.1 Å². The van der Waals surface area contributed by atoms with Crippen molar-refractivity contribution in [2.24, 2.45) is 5.10 Å². The molecule has 3 aromatic carbocycles. The zero-order valence-electron chi connectivity index (χ0n) is 17.8. The van der Waals surface area contributed by atoms with Crippen molar-refractivity contribution < 1.29 is 13.9 Å². The second-order valence-electron chi connectivity index (χ2n) is 7.18. The van der Waals surface area contributed by atoms with Crippen LogP contribution in [0.1, 0.15) is 5.56 Å². The van der Waals surface area contributed by atoms with Crippen LogP contribution in [0.3, 0.4) is 0 Å². The molecule has 0 N–H and O–H groups in total. The van der Waals surface area contributed by atoms with Gasteiger partial charge in [0, 0.05) is 10.6 Å². The number of benzene rings is 3. The average Bonchev–Trinajstić information content (AvgIpc) is 3.28. The molecule has 0 spiro atoms. The lowest BCUT2D eigenvalue weighted by molar-refractivity contribution is 0.414. The largest absolute Gasteiger partial charge is 0.496 e. The number of halogens is 1. The minimum atomic E-state index is -0.333. The summed E-state index contributed by atoms with van der Waals surface area (Å²) in [5, 5.41) is 6.17. The number of fused-ring (bicyclic) bond motifs is 2. The van der Waals surface area contributed by atoms with Gasteiger partial charge in [-0.25, -0.2) is 4.98 Å². The fourth-order valence-electron chi connectivity index (χ4n) is 3.64. The maximum absolute atomic E-state index is 13.4. The molecular formula is C25H18ClN3O4. The average molecular weight is 460 g/mol. The van der Waals surface area contributed by atoms with Gasteiger partial charge in [-0.05, 0) is 48.5 Å². The van der Waals surface area contributed by atoms with Gasteiger partial charge in [0.05, 0.1) is 36.7 Å². The van der Waals surface area contributed by atoms with Crippen molar-refractivity contribution >= 4 is 39.7 Å². The van der Waals surface area contributed by atoms with Crippen molar-refractivity contribution in [3.8, 4) is 23.1 Å². The molecule has 164 valence electrons. The third kappa shape index (κ3) is 3.72. The van der Waals surface area contributed by atoms with Gasteiger partial charge in [-0.2, -0.15) is 9.78 Å². The third-order valence-electron chi connectivity index (χ3n) is 5.22. The molecule has 5 rings (SSSR count). The lowest BCUT2D eigenvalue weighted by atomic mass is 10.2. The Bertz CT molecular complexity index is 1590. The highest BCUT2D eigenvalue weighted by molar-refractivity contribution is 6.30. The summed E-state index contributed by atoms with van der Waals surface area (Å²) in [7, 11) is 3.14. The summed E-state index contributed by atoms with van der Waals surface area (Å²) >= 11 is 6.14. The van der Waals surface area contributed by atoms with Gasteiger partial charge < -0.3 is 13.9 Å². The molecule has 5 aromatic rings. The zero-order chi connectivity index (χ0) is 22.9. The molecule has 8 heteroatoms. The van der Waals surface area contributed by atoms with Crippen LogP contribution in [0, 0.1) is 0 Å². The molecule has 0 aliphatic carbocycles. The summed E-state index contributed by atoms with van der Waals surface area (Å²) < 4.78 is 18.1. The summed E-state index contributed by atoms with van der Waals surface area (Å²) in [5.74, 6) is 1.87. The van der Waals surface area contributed by atoms with Crippen molar-refractivity contribution in [3.63, 3.8) is 0 Å².